The lowest BCUT2D eigenvalue weighted by molar-refractivity contribution is -0.119. The van der Waals surface area contributed by atoms with Gasteiger partial charge in [-0.2, -0.15) is 4.37 Å². The van der Waals surface area contributed by atoms with Crippen LogP contribution in [0.4, 0.5) is 16.5 Å². The molecule has 10 nitrogen and oxygen atoms in total. The van der Waals surface area contributed by atoms with Gasteiger partial charge in [0.05, 0.1) is 28.5 Å². The van der Waals surface area contributed by atoms with E-state index in [2.05, 4.69) is 30.3 Å². The summed E-state index contributed by atoms with van der Waals surface area (Å²) in [5, 5.41) is 9.46. The van der Waals surface area contributed by atoms with Gasteiger partial charge in [-0.1, -0.05) is 18.2 Å². The van der Waals surface area contributed by atoms with Crippen LogP contribution in [0, 0.1) is 6.92 Å². The summed E-state index contributed by atoms with van der Waals surface area (Å²) in [6.45, 7) is 4.26. The summed E-state index contributed by atoms with van der Waals surface area (Å²) >= 11 is 1.16. The van der Waals surface area contributed by atoms with Crippen LogP contribution < -0.4 is 16.0 Å². The number of carbonyl (C=O) groups excluding carboxylic acids is 3. The van der Waals surface area contributed by atoms with E-state index in [-0.39, 0.29) is 23.8 Å². The molecule has 0 saturated carbocycles. The number of benzene rings is 2. The number of aromatic nitrogens is 3. The summed E-state index contributed by atoms with van der Waals surface area (Å²) in [6, 6.07) is 14.3. The van der Waals surface area contributed by atoms with Gasteiger partial charge in [-0.05, 0) is 55.2 Å². The first-order valence-corrected chi connectivity index (χ1v) is 12.6. The maximum Gasteiger partial charge on any atom is 0.260 e. The Kier molecular flexibility index (Phi) is 6.78. The van der Waals surface area contributed by atoms with Crippen molar-refractivity contribution in [1.82, 2.24) is 24.6 Å². The molecular formula is C26H25N7O3S. The highest BCUT2D eigenvalue weighted by atomic mass is 32.1. The maximum absolute atomic E-state index is 13.2. The molecule has 1 atom stereocenters. The molecule has 3 heterocycles. The van der Waals surface area contributed by atoms with Crippen molar-refractivity contribution in [2.75, 3.05) is 23.7 Å². The number of carbonyl (C=O) groups is 3. The summed E-state index contributed by atoms with van der Waals surface area (Å²) < 4.78 is 4.34. The van der Waals surface area contributed by atoms with Gasteiger partial charge in [0, 0.05) is 37.3 Å². The summed E-state index contributed by atoms with van der Waals surface area (Å²) in [5.74, 6) is -0.0931. The third-order valence-electron chi connectivity index (χ3n) is 6.03. The van der Waals surface area contributed by atoms with Crippen LogP contribution in [-0.4, -0.2) is 56.1 Å². The first-order chi connectivity index (χ1) is 17.9. The van der Waals surface area contributed by atoms with E-state index < -0.39 is 0 Å². The molecule has 2 aromatic heterocycles. The third-order valence-corrected chi connectivity index (χ3v) is 6.88. The summed E-state index contributed by atoms with van der Waals surface area (Å²) in [4.78, 5) is 48.3. The first kappa shape index (κ1) is 24.3. The van der Waals surface area contributed by atoms with Crippen LogP contribution >= 0.6 is 11.5 Å². The highest BCUT2D eigenvalue weighted by Crippen LogP contribution is 2.29. The molecule has 0 unspecified atom stereocenters. The van der Waals surface area contributed by atoms with Gasteiger partial charge < -0.3 is 20.9 Å². The molecule has 1 aliphatic heterocycles. The number of fused-ring (bicyclic) bond motifs is 1. The number of amides is 3. The second kappa shape index (κ2) is 10.3. The molecule has 3 N–H and O–H groups in total. The molecule has 1 aliphatic rings. The number of nitrogens with one attached hydrogen (secondary N) is 3. The minimum absolute atomic E-state index is 0.0448. The van der Waals surface area contributed by atoms with E-state index in [9.17, 15) is 14.4 Å². The minimum Gasteiger partial charge on any atom is -0.352 e. The molecule has 1 saturated heterocycles. The molecule has 4 aromatic rings. The Morgan fingerprint density at radius 1 is 1.08 bits per heavy atom. The van der Waals surface area contributed by atoms with Crippen molar-refractivity contribution in [3.63, 3.8) is 0 Å². The Balaban J connectivity index is 1.30. The number of nitrogens with zero attached hydrogens (tertiary/aromatic N) is 4. The van der Waals surface area contributed by atoms with Crippen LogP contribution in [0.5, 0.6) is 0 Å². The molecular weight excluding hydrogens is 490 g/mol. The third kappa shape index (κ3) is 5.41. The highest BCUT2D eigenvalue weighted by Gasteiger charge is 2.27. The van der Waals surface area contributed by atoms with Crippen LogP contribution in [0.2, 0.25) is 0 Å². The molecule has 3 amide bonds. The SMILES string of the molecule is CC(=O)N[C@H]1CCN(C(=O)c2cccc(NC(=O)c3c(C)nsc3Nc3cnc4ccccc4n3)c2)C1. The topological polar surface area (TPSA) is 129 Å². The first-order valence-electron chi connectivity index (χ1n) is 11.8. The van der Waals surface area contributed by atoms with Crippen molar-refractivity contribution in [3.8, 4) is 0 Å². The quantitative estimate of drug-likeness (QED) is 0.357. The fraction of sp³-hybridized carbons (Fsp3) is 0.231. The van der Waals surface area contributed by atoms with Crippen LogP contribution in [0.1, 0.15) is 39.8 Å². The monoisotopic (exact) mass is 515 g/mol. The zero-order chi connectivity index (χ0) is 25.9. The Bertz CT molecular complexity index is 1500. The zero-order valence-electron chi connectivity index (χ0n) is 20.3. The number of anilines is 3. The summed E-state index contributed by atoms with van der Waals surface area (Å²) in [5.41, 5.74) is 3.45. The largest absolute Gasteiger partial charge is 0.352 e. The normalized spacial score (nSPS) is 15.0. The highest BCUT2D eigenvalue weighted by molar-refractivity contribution is 7.10. The number of hydrogen-bond acceptors (Lipinski definition) is 8. The standard InChI is InChI=1S/C26H25N7O3S/c1-15-23(25(37-32-15)31-22-13-27-20-8-3-4-9-21(20)30-22)24(35)29-18-7-5-6-17(12-18)26(36)33-11-10-19(14-33)28-16(2)34/h3-9,12-13,19H,10-11,14H2,1-2H3,(H,28,34)(H,29,35)(H,30,31)/t19-/m0/s1. The van der Waals surface area contributed by atoms with Gasteiger partial charge in [0.15, 0.2) is 0 Å². The van der Waals surface area contributed by atoms with Gasteiger partial charge >= 0.3 is 0 Å². The number of likely N-dealkylation sites (tertiary alicyclic amines) is 1. The minimum atomic E-state index is -0.348. The van der Waals surface area contributed by atoms with E-state index in [1.54, 1.807) is 42.3 Å². The van der Waals surface area contributed by atoms with Gasteiger partial charge in [0.1, 0.15) is 10.8 Å². The molecule has 188 valence electrons. The zero-order valence-corrected chi connectivity index (χ0v) is 21.1. The molecule has 37 heavy (non-hydrogen) atoms. The summed E-state index contributed by atoms with van der Waals surface area (Å²) in [6.07, 6.45) is 2.33. The molecule has 0 aliphatic carbocycles. The van der Waals surface area contributed by atoms with E-state index >= 15 is 0 Å². The molecule has 11 heteroatoms. The average Bonchev–Trinajstić information content (AvgIpc) is 3.49. The van der Waals surface area contributed by atoms with Crippen LogP contribution in [0.25, 0.3) is 11.0 Å². The van der Waals surface area contributed by atoms with Gasteiger partial charge in [-0.25, -0.2) is 4.98 Å². The van der Waals surface area contributed by atoms with Crippen LogP contribution in [0.3, 0.4) is 0 Å². The van der Waals surface area contributed by atoms with Crippen molar-refractivity contribution in [2.45, 2.75) is 26.3 Å². The molecule has 0 spiro atoms. The predicted octanol–water partition coefficient (Wildman–Crippen LogP) is 3.74. The molecule has 5 rings (SSSR count). The predicted molar refractivity (Wildman–Crippen MR) is 142 cm³/mol. The lowest BCUT2D eigenvalue weighted by Gasteiger charge is -2.17. The molecule has 2 aromatic carbocycles. The van der Waals surface area contributed by atoms with Crippen LogP contribution in [0.15, 0.2) is 54.7 Å². The van der Waals surface area contributed by atoms with Gasteiger partial charge in [0.25, 0.3) is 11.8 Å². The van der Waals surface area contributed by atoms with E-state index in [0.29, 0.717) is 52.8 Å². The molecule has 0 radical (unpaired) electrons. The van der Waals surface area contributed by atoms with Crippen LogP contribution in [-0.2, 0) is 4.79 Å². The van der Waals surface area contributed by atoms with Crippen molar-refractivity contribution in [1.29, 1.82) is 0 Å². The number of hydrogen-bond donors (Lipinski definition) is 3. The van der Waals surface area contributed by atoms with E-state index in [1.807, 2.05) is 24.3 Å². The fourth-order valence-electron chi connectivity index (χ4n) is 4.31. The van der Waals surface area contributed by atoms with Gasteiger partial charge in [-0.15, -0.1) is 0 Å². The van der Waals surface area contributed by atoms with E-state index in [4.69, 9.17) is 0 Å². The van der Waals surface area contributed by atoms with Crippen molar-refractivity contribution < 1.29 is 14.4 Å². The average molecular weight is 516 g/mol. The van der Waals surface area contributed by atoms with Gasteiger partial charge in [-0.3, -0.25) is 19.4 Å². The lowest BCUT2D eigenvalue weighted by Crippen LogP contribution is -2.37. The number of rotatable bonds is 6. The Labute approximate surface area is 217 Å². The van der Waals surface area contributed by atoms with Crippen molar-refractivity contribution in [2.24, 2.45) is 0 Å². The van der Waals surface area contributed by atoms with Crippen molar-refractivity contribution >= 4 is 56.8 Å². The van der Waals surface area contributed by atoms with Gasteiger partial charge in [0.2, 0.25) is 5.91 Å². The Hall–Kier alpha value is -4.38. The molecule has 0 bridgehead atoms. The van der Waals surface area contributed by atoms with E-state index in [0.717, 1.165) is 22.6 Å². The second-order valence-corrected chi connectivity index (χ2v) is 9.59. The number of aryl methyl sites for hydroxylation is 1. The smallest absolute Gasteiger partial charge is 0.260 e. The Morgan fingerprint density at radius 3 is 2.70 bits per heavy atom. The lowest BCUT2D eigenvalue weighted by atomic mass is 10.1. The molecule has 1 fully saturated rings. The fourth-order valence-corrected chi connectivity index (χ4v) is 5.11. The maximum atomic E-state index is 13.2. The number of para-hydroxylation sites is 2. The Morgan fingerprint density at radius 2 is 1.89 bits per heavy atom. The second-order valence-electron chi connectivity index (χ2n) is 8.81. The van der Waals surface area contributed by atoms with Crippen molar-refractivity contribution in [3.05, 3.63) is 71.5 Å². The van der Waals surface area contributed by atoms with E-state index in [1.165, 1.54) is 6.92 Å². The summed E-state index contributed by atoms with van der Waals surface area (Å²) in [7, 11) is 0.